The number of rotatable bonds is 7. The van der Waals surface area contributed by atoms with Gasteiger partial charge in [0.1, 0.15) is 11.4 Å². The maximum Gasteiger partial charge on any atom is 0.214 e. The van der Waals surface area contributed by atoms with Crippen LogP contribution in [0.15, 0.2) is 4.63 Å². The zero-order chi connectivity index (χ0) is 13.2. The predicted octanol–water partition coefficient (Wildman–Crippen LogP) is -0.0621. The molecule has 0 radical (unpaired) electrons. The molecule has 1 aromatic heterocycles. The van der Waals surface area contributed by atoms with Gasteiger partial charge in [0, 0.05) is 19.1 Å². The van der Waals surface area contributed by atoms with Gasteiger partial charge in [-0.05, 0) is 26.7 Å². The monoisotopic (exact) mass is 274 g/mol. The maximum absolute atomic E-state index is 11.6. The van der Waals surface area contributed by atoms with E-state index in [-0.39, 0.29) is 11.3 Å². The third kappa shape index (κ3) is 3.50. The molecule has 1 saturated carbocycles. The van der Waals surface area contributed by atoms with Crippen LogP contribution in [-0.4, -0.2) is 36.6 Å². The van der Waals surface area contributed by atoms with E-state index in [4.69, 9.17) is 0 Å². The van der Waals surface area contributed by atoms with Crippen molar-refractivity contribution in [3.05, 3.63) is 11.4 Å². The molecule has 2 N–H and O–H groups in total. The number of sulfonamides is 1. The number of hydrogen-bond acceptors (Lipinski definition) is 6. The molecule has 2 rings (SSSR count). The normalized spacial score (nSPS) is 17.9. The number of hydrogen-bond donors (Lipinski definition) is 2. The van der Waals surface area contributed by atoms with E-state index < -0.39 is 10.0 Å². The van der Waals surface area contributed by atoms with Crippen molar-refractivity contribution < 1.29 is 13.0 Å². The first-order valence-electron chi connectivity index (χ1n) is 5.99. The van der Waals surface area contributed by atoms with Crippen molar-refractivity contribution in [3.63, 3.8) is 0 Å². The average Bonchev–Trinajstić information content (AvgIpc) is 3.10. The first kappa shape index (κ1) is 13.4. The van der Waals surface area contributed by atoms with Crippen LogP contribution in [0.4, 0.5) is 0 Å². The van der Waals surface area contributed by atoms with Crippen LogP contribution in [0.2, 0.25) is 0 Å². The van der Waals surface area contributed by atoms with E-state index in [1.807, 2.05) is 13.8 Å². The Morgan fingerprint density at radius 1 is 1.44 bits per heavy atom. The molecule has 18 heavy (non-hydrogen) atoms. The topological polar surface area (TPSA) is 97.1 Å². The molecule has 7 nitrogen and oxygen atoms in total. The highest BCUT2D eigenvalue weighted by molar-refractivity contribution is 7.90. The molecule has 0 bridgehead atoms. The lowest BCUT2D eigenvalue weighted by Gasteiger charge is -2.13. The fraction of sp³-hybridized carbons (Fsp3) is 0.800. The van der Waals surface area contributed by atoms with Crippen LogP contribution in [0.3, 0.4) is 0 Å². The van der Waals surface area contributed by atoms with Gasteiger partial charge in [-0.15, -0.1) is 0 Å². The lowest BCUT2D eigenvalue weighted by Crippen LogP contribution is -2.39. The summed E-state index contributed by atoms with van der Waals surface area (Å²) in [4.78, 5) is 0. The molecule has 0 saturated heterocycles. The molecule has 0 spiro atoms. The molecule has 1 fully saturated rings. The standard InChI is InChI=1S/C10H18N4O3S/c1-7(5-12-18(15,16)9-3-4-9)11-6-10-8(2)13-17-14-10/h7,9,11-12H,3-6H2,1-2H3. The average molecular weight is 274 g/mol. The summed E-state index contributed by atoms with van der Waals surface area (Å²) < 4.78 is 30.4. The molecule has 8 heteroatoms. The number of aromatic nitrogens is 2. The van der Waals surface area contributed by atoms with Crippen LogP contribution in [0.1, 0.15) is 31.2 Å². The Labute approximate surface area is 106 Å². The van der Waals surface area contributed by atoms with Crippen molar-refractivity contribution in [2.45, 2.75) is 44.5 Å². The molecule has 0 aromatic carbocycles. The molecule has 0 aliphatic heterocycles. The molecule has 1 unspecified atom stereocenters. The Kier molecular flexibility index (Phi) is 3.98. The summed E-state index contributed by atoms with van der Waals surface area (Å²) in [7, 11) is -3.10. The van der Waals surface area contributed by atoms with Crippen LogP contribution < -0.4 is 10.0 Å². The van der Waals surface area contributed by atoms with Crippen LogP contribution in [0.25, 0.3) is 0 Å². The van der Waals surface area contributed by atoms with Gasteiger partial charge in [0.15, 0.2) is 0 Å². The molecular formula is C10H18N4O3S. The minimum absolute atomic E-state index is 0.0228. The molecule has 1 aliphatic rings. The maximum atomic E-state index is 11.6. The summed E-state index contributed by atoms with van der Waals surface area (Å²) in [5.74, 6) is 0. The van der Waals surface area contributed by atoms with E-state index in [0.717, 1.165) is 24.2 Å². The second kappa shape index (κ2) is 5.33. The minimum Gasteiger partial charge on any atom is -0.307 e. The fourth-order valence-electron chi connectivity index (χ4n) is 1.49. The van der Waals surface area contributed by atoms with Gasteiger partial charge in [-0.3, -0.25) is 0 Å². The highest BCUT2D eigenvalue weighted by Crippen LogP contribution is 2.27. The highest BCUT2D eigenvalue weighted by Gasteiger charge is 2.35. The molecule has 1 aromatic rings. The van der Waals surface area contributed by atoms with Gasteiger partial charge in [0.25, 0.3) is 0 Å². The first-order chi connectivity index (χ1) is 8.49. The second-order valence-corrected chi connectivity index (χ2v) is 6.72. The van der Waals surface area contributed by atoms with Gasteiger partial charge in [0.05, 0.1) is 5.25 Å². The Balaban J connectivity index is 1.72. The lowest BCUT2D eigenvalue weighted by atomic mass is 10.3. The Morgan fingerprint density at radius 3 is 2.72 bits per heavy atom. The number of nitrogens with zero attached hydrogens (tertiary/aromatic N) is 2. The van der Waals surface area contributed by atoms with Gasteiger partial charge in [-0.1, -0.05) is 10.3 Å². The van der Waals surface area contributed by atoms with E-state index in [9.17, 15) is 8.42 Å². The quantitative estimate of drug-likeness (QED) is 0.723. The Bertz CT molecular complexity index is 495. The summed E-state index contributed by atoms with van der Waals surface area (Å²) in [5.41, 5.74) is 1.49. The zero-order valence-corrected chi connectivity index (χ0v) is 11.3. The Hall–Kier alpha value is -0.990. The van der Waals surface area contributed by atoms with E-state index in [0.29, 0.717) is 13.1 Å². The number of aryl methyl sites for hydroxylation is 1. The zero-order valence-electron chi connectivity index (χ0n) is 10.5. The fourth-order valence-corrected chi connectivity index (χ4v) is 2.96. The summed E-state index contributed by atoms with van der Waals surface area (Å²) in [6, 6.07) is 0.0228. The smallest absolute Gasteiger partial charge is 0.214 e. The van der Waals surface area contributed by atoms with Gasteiger partial charge in [0.2, 0.25) is 10.0 Å². The van der Waals surface area contributed by atoms with Crippen molar-refractivity contribution in [2.75, 3.05) is 6.54 Å². The molecule has 1 atom stereocenters. The third-order valence-electron chi connectivity index (χ3n) is 2.92. The van der Waals surface area contributed by atoms with Gasteiger partial charge < -0.3 is 5.32 Å². The molecule has 102 valence electrons. The lowest BCUT2D eigenvalue weighted by molar-refractivity contribution is 0.300. The molecule has 1 aliphatic carbocycles. The van der Waals surface area contributed by atoms with Crippen molar-refractivity contribution in [3.8, 4) is 0 Å². The van der Waals surface area contributed by atoms with Crippen LogP contribution in [0, 0.1) is 6.92 Å². The van der Waals surface area contributed by atoms with Crippen LogP contribution in [0.5, 0.6) is 0 Å². The summed E-state index contributed by atoms with van der Waals surface area (Å²) >= 11 is 0. The van der Waals surface area contributed by atoms with Gasteiger partial charge in [-0.25, -0.2) is 17.8 Å². The summed E-state index contributed by atoms with van der Waals surface area (Å²) in [5, 5.41) is 10.4. The minimum atomic E-state index is -3.10. The SMILES string of the molecule is Cc1nonc1CNC(C)CNS(=O)(=O)C1CC1. The molecule has 1 heterocycles. The van der Waals surface area contributed by atoms with Gasteiger partial charge in [-0.2, -0.15) is 0 Å². The summed E-state index contributed by atoms with van der Waals surface area (Å²) in [6.07, 6.45) is 1.56. The van der Waals surface area contributed by atoms with E-state index in [1.165, 1.54) is 0 Å². The predicted molar refractivity (Wildman–Crippen MR) is 65.3 cm³/mol. The second-order valence-electron chi connectivity index (χ2n) is 4.67. The largest absolute Gasteiger partial charge is 0.307 e. The van der Waals surface area contributed by atoms with E-state index in [1.54, 1.807) is 0 Å². The van der Waals surface area contributed by atoms with Crippen molar-refractivity contribution >= 4 is 10.0 Å². The van der Waals surface area contributed by atoms with Crippen molar-refractivity contribution in [1.82, 2.24) is 20.4 Å². The molecule has 0 amide bonds. The van der Waals surface area contributed by atoms with Crippen LogP contribution >= 0.6 is 0 Å². The Morgan fingerprint density at radius 2 is 2.17 bits per heavy atom. The summed E-state index contributed by atoms with van der Waals surface area (Å²) in [6.45, 7) is 4.62. The van der Waals surface area contributed by atoms with Gasteiger partial charge >= 0.3 is 0 Å². The van der Waals surface area contributed by atoms with E-state index in [2.05, 4.69) is 25.0 Å². The third-order valence-corrected chi connectivity index (χ3v) is 4.84. The van der Waals surface area contributed by atoms with Crippen molar-refractivity contribution in [2.24, 2.45) is 0 Å². The first-order valence-corrected chi connectivity index (χ1v) is 7.53. The van der Waals surface area contributed by atoms with Crippen LogP contribution in [-0.2, 0) is 16.6 Å². The van der Waals surface area contributed by atoms with Crippen molar-refractivity contribution in [1.29, 1.82) is 0 Å². The highest BCUT2D eigenvalue weighted by atomic mass is 32.2. The molecular weight excluding hydrogens is 256 g/mol. The number of nitrogens with one attached hydrogen (secondary N) is 2. The van der Waals surface area contributed by atoms with E-state index >= 15 is 0 Å².